The number of hydrogen-bond acceptors (Lipinski definition) is 7. The molecule has 1 aliphatic heterocycles. The number of hydroxylamine groups is 2. The lowest BCUT2D eigenvalue weighted by Gasteiger charge is -2.14. The van der Waals surface area contributed by atoms with E-state index >= 15 is 0 Å². The van der Waals surface area contributed by atoms with Crippen LogP contribution in [0.3, 0.4) is 0 Å². The topological polar surface area (TPSA) is 139 Å². The van der Waals surface area contributed by atoms with E-state index in [-0.39, 0.29) is 29.7 Å². The fourth-order valence-electron chi connectivity index (χ4n) is 1.76. The first kappa shape index (κ1) is 14.5. The van der Waals surface area contributed by atoms with Crippen LogP contribution in [0.2, 0.25) is 0 Å². The molecule has 1 heterocycles. The van der Waals surface area contributed by atoms with Crippen molar-refractivity contribution in [3.63, 3.8) is 0 Å². The Labute approximate surface area is 118 Å². The SMILES string of the molecule is NNc1cc(C(=O)O)ccc1C(=O)ON1C(=O)CCC1=O. The summed E-state index contributed by atoms with van der Waals surface area (Å²) in [6.45, 7) is 0. The van der Waals surface area contributed by atoms with Crippen LogP contribution in [-0.2, 0) is 14.4 Å². The molecule has 1 saturated heterocycles. The van der Waals surface area contributed by atoms with Crippen molar-refractivity contribution in [2.45, 2.75) is 12.8 Å². The molecule has 1 aromatic rings. The fraction of sp³-hybridized carbons (Fsp3) is 0.167. The Bertz CT molecular complexity index is 626. The summed E-state index contributed by atoms with van der Waals surface area (Å²) in [5.41, 5.74) is 1.97. The van der Waals surface area contributed by atoms with Gasteiger partial charge in [0.05, 0.1) is 16.8 Å². The molecule has 9 nitrogen and oxygen atoms in total. The molecule has 110 valence electrons. The Morgan fingerprint density at radius 2 is 1.86 bits per heavy atom. The molecule has 0 saturated carbocycles. The van der Waals surface area contributed by atoms with E-state index in [9.17, 15) is 19.2 Å². The molecule has 0 aliphatic carbocycles. The summed E-state index contributed by atoms with van der Waals surface area (Å²) in [6.07, 6.45) is -0.0435. The third kappa shape index (κ3) is 2.82. The van der Waals surface area contributed by atoms with Crippen molar-refractivity contribution in [2.24, 2.45) is 5.84 Å². The molecule has 0 radical (unpaired) electrons. The molecule has 0 spiro atoms. The summed E-state index contributed by atoms with van der Waals surface area (Å²) < 4.78 is 0. The molecule has 0 bridgehead atoms. The number of carbonyl (C=O) groups excluding carboxylic acids is 3. The molecule has 0 aromatic heterocycles. The number of amides is 2. The Morgan fingerprint density at radius 1 is 1.24 bits per heavy atom. The molecule has 1 fully saturated rings. The number of nitrogens with zero attached hydrogens (tertiary/aromatic N) is 1. The Hall–Kier alpha value is -2.94. The average molecular weight is 293 g/mol. The van der Waals surface area contributed by atoms with Crippen molar-refractivity contribution in [1.29, 1.82) is 0 Å². The highest BCUT2D eigenvalue weighted by Gasteiger charge is 2.33. The van der Waals surface area contributed by atoms with Crippen LogP contribution in [0.15, 0.2) is 18.2 Å². The van der Waals surface area contributed by atoms with Gasteiger partial charge in [-0.3, -0.25) is 15.4 Å². The normalized spacial score (nSPS) is 14.2. The lowest BCUT2D eigenvalue weighted by atomic mass is 10.1. The van der Waals surface area contributed by atoms with Crippen LogP contribution < -0.4 is 11.3 Å². The average Bonchev–Trinajstić information content (AvgIpc) is 2.78. The number of nitrogens with two attached hydrogens (primary N) is 1. The molecular weight excluding hydrogens is 282 g/mol. The summed E-state index contributed by atoms with van der Waals surface area (Å²) in [4.78, 5) is 50.2. The maximum Gasteiger partial charge on any atom is 0.366 e. The van der Waals surface area contributed by atoms with E-state index in [2.05, 4.69) is 5.43 Å². The second-order valence-electron chi connectivity index (χ2n) is 4.17. The zero-order valence-electron chi connectivity index (χ0n) is 10.7. The minimum atomic E-state index is -1.20. The minimum Gasteiger partial charge on any atom is -0.478 e. The number of nitrogens with one attached hydrogen (secondary N) is 1. The van der Waals surface area contributed by atoms with E-state index in [0.717, 1.165) is 6.07 Å². The van der Waals surface area contributed by atoms with Gasteiger partial charge in [-0.1, -0.05) is 0 Å². The number of hydrazine groups is 1. The third-order valence-corrected chi connectivity index (χ3v) is 2.82. The van der Waals surface area contributed by atoms with Crippen molar-refractivity contribution in [1.82, 2.24) is 5.06 Å². The highest BCUT2D eigenvalue weighted by atomic mass is 16.7. The molecule has 1 aliphatic rings. The van der Waals surface area contributed by atoms with Crippen LogP contribution in [0.1, 0.15) is 33.6 Å². The van der Waals surface area contributed by atoms with Crippen LogP contribution in [0.25, 0.3) is 0 Å². The quantitative estimate of drug-likeness (QED) is 0.397. The lowest BCUT2D eigenvalue weighted by molar-refractivity contribution is -0.172. The van der Waals surface area contributed by atoms with Gasteiger partial charge in [-0.2, -0.15) is 0 Å². The van der Waals surface area contributed by atoms with Gasteiger partial charge < -0.3 is 15.4 Å². The highest BCUT2D eigenvalue weighted by Crippen LogP contribution is 2.20. The van der Waals surface area contributed by atoms with Gasteiger partial charge in [-0.25, -0.2) is 9.59 Å². The van der Waals surface area contributed by atoms with E-state index in [1.807, 2.05) is 0 Å². The molecule has 0 unspecified atom stereocenters. The van der Waals surface area contributed by atoms with Gasteiger partial charge in [-0.05, 0) is 18.2 Å². The lowest BCUT2D eigenvalue weighted by Crippen LogP contribution is -2.32. The predicted molar refractivity (Wildman–Crippen MR) is 67.7 cm³/mol. The number of nitrogen functional groups attached to an aromatic ring is 1. The molecule has 0 atom stereocenters. The van der Waals surface area contributed by atoms with Crippen LogP contribution in [0, 0.1) is 0 Å². The van der Waals surface area contributed by atoms with Crippen molar-refractivity contribution < 1.29 is 29.1 Å². The van der Waals surface area contributed by atoms with Gasteiger partial charge in [0.15, 0.2) is 0 Å². The van der Waals surface area contributed by atoms with Gasteiger partial charge in [-0.15, -0.1) is 5.06 Å². The number of carboxylic acids is 1. The van der Waals surface area contributed by atoms with E-state index in [4.69, 9.17) is 15.8 Å². The third-order valence-electron chi connectivity index (χ3n) is 2.82. The van der Waals surface area contributed by atoms with Crippen LogP contribution in [-0.4, -0.2) is 33.9 Å². The van der Waals surface area contributed by atoms with Crippen molar-refractivity contribution in [2.75, 3.05) is 5.43 Å². The van der Waals surface area contributed by atoms with Crippen molar-refractivity contribution in [3.8, 4) is 0 Å². The zero-order valence-corrected chi connectivity index (χ0v) is 10.7. The molecule has 21 heavy (non-hydrogen) atoms. The number of carbonyl (C=O) groups is 4. The zero-order chi connectivity index (χ0) is 15.6. The summed E-state index contributed by atoms with van der Waals surface area (Å²) in [7, 11) is 0. The number of aromatic carboxylic acids is 1. The minimum absolute atomic E-state index is 0.000931. The first-order valence-corrected chi connectivity index (χ1v) is 5.86. The number of imide groups is 1. The van der Waals surface area contributed by atoms with Gasteiger partial charge in [0.2, 0.25) is 0 Å². The predicted octanol–water partition coefficient (Wildman–Crippen LogP) is -0.109. The van der Waals surface area contributed by atoms with Crippen LogP contribution >= 0.6 is 0 Å². The van der Waals surface area contributed by atoms with Crippen LogP contribution in [0.4, 0.5) is 5.69 Å². The van der Waals surface area contributed by atoms with Crippen LogP contribution in [0.5, 0.6) is 0 Å². The number of benzene rings is 1. The van der Waals surface area contributed by atoms with E-state index in [1.54, 1.807) is 0 Å². The van der Waals surface area contributed by atoms with Crippen molar-refractivity contribution >= 4 is 29.4 Å². The van der Waals surface area contributed by atoms with Gasteiger partial charge in [0, 0.05) is 12.8 Å². The van der Waals surface area contributed by atoms with Gasteiger partial charge >= 0.3 is 11.9 Å². The smallest absolute Gasteiger partial charge is 0.366 e. The highest BCUT2D eigenvalue weighted by molar-refractivity contribution is 6.04. The monoisotopic (exact) mass is 293 g/mol. The van der Waals surface area contributed by atoms with E-state index in [0.29, 0.717) is 5.06 Å². The summed E-state index contributed by atoms with van der Waals surface area (Å²) >= 11 is 0. The summed E-state index contributed by atoms with van der Waals surface area (Å²) in [5.74, 6) is 1.80. The summed E-state index contributed by atoms with van der Waals surface area (Å²) in [5, 5.41) is 9.25. The number of carboxylic acid groups (broad SMARTS) is 1. The molecule has 1 aromatic carbocycles. The van der Waals surface area contributed by atoms with Gasteiger partial charge in [0.25, 0.3) is 11.8 Å². The maximum absolute atomic E-state index is 11.9. The van der Waals surface area contributed by atoms with E-state index < -0.39 is 23.8 Å². The standard InChI is InChI=1S/C12H11N3O6/c13-14-8-5-6(11(18)19)1-2-7(8)12(20)21-15-9(16)3-4-10(15)17/h1-2,5,14H,3-4,13H2,(H,18,19). The largest absolute Gasteiger partial charge is 0.478 e. The number of hydrogen-bond donors (Lipinski definition) is 3. The Morgan fingerprint density at radius 3 is 2.38 bits per heavy atom. The number of rotatable bonds is 4. The van der Waals surface area contributed by atoms with E-state index in [1.165, 1.54) is 12.1 Å². The van der Waals surface area contributed by atoms with Gasteiger partial charge in [0.1, 0.15) is 0 Å². The molecule has 2 rings (SSSR count). The molecular formula is C12H11N3O6. The molecule has 9 heteroatoms. The number of anilines is 1. The first-order valence-electron chi connectivity index (χ1n) is 5.86. The molecule has 4 N–H and O–H groups in total. The van der Waals surface area contributed by atoms with Crippen molar-refractivity contribution in [3.05, 3.63) is 29.3 Å². The Kier molecular flexibility index (Phi) is 3.85. The fourth-order valence-corrected chi connectivity index (χ4v) is 1.76. The molecule has 2 amide bonds. The first-order chi connectivity index (χ1) is 9.93. The second kappa shape index (κ2) is 5.59. The summed E-state index contributed by atoms with van der Waals surface area (Å²) in [6, 6.07) is 3.48. The maximum atomic E-state index is 11.9. The Balaban J connectivity index is 2.25. The second-order valence-corrected chi connectivity index (χ2v) is 4.17.